The molecule has 0 N–H and O–H groups in total. The predicted octanol–water partition coefficient (Wildman–Crippen LogP) is 2.71. The first kappa shape index (κ1) is 13.7. The molecule has 1 aromatic carbocycles. The van der Waals surface area contributed by atoms with Gasteiger partial charge in [0.25, 0.3) is 0 Å². The van der Waals surface area contributed by atoms with E-state index in [1.165, 1.54) is 5.56 Å². The van der Waals surface area contributed by atoms with E-state index in [1.807, 2.05) is 6.07 Å². The average Bonchev–Trinajstić information content (AvgIpc) is 2.86. The second-order valence-electron chi connectivity index (χ2n) is 4.90. The van der Waals surface area contributed by atoms with Crippen LogP contribution in [0.25, 0.3) is 0 Å². The van der Waals surface area contributed by atoms with Gasteiger partial charge in [0.05, 0.1) is 6.61 Å². The van der Waals surface area contributed by atoms with Crippen LogP contribution in [0.3, 0.4) is 0 Å². The van der Waals surface area contributed by atoms with Crippen molar-refractivity contribution in [3.8, 4) is 0 Å². The standard InChI is InChI=1S/C14H16BrN3O2/c1-10-16-14(17-20-10)13-9-18(5-6-19-13)8-11-3-2-4-12(15)7-11/h2-4,7,13H,5-6,8-9H2,1H3. The normalized spacial score (nSPS) is 20.2. The predicted molar refractivity (Wildman–Crippen MR) is 77.1 cm³/mol. The molecule has 2 heterocycles. The topological polar surface area (TPSA) is 51.4 Å². The van der Waals surface area contributed by atoms with Crippen LogP contribution in [-0.4, -0.2) is 34.7 Å². The van der Waals surface area contributed by atoms with Gasteiger partial charge in [0.1, 0.15) is 6.10 Å². The third-order valence-corrected chi connectivity index (χ3v) is 3.77. The van der Waals surface area contributed by atoms with Gasteiger partial charge in [0.2, 0.25) is 11.7 Å². The Hall–Kier alpha value is -1.24. The number of hydrogen-bond donors (Lipinski definition) is 0. The first-order chi connectivity index (χ1) is 9.70. The zero-order chi connectivity index (χ0) is 13.9. The highest BCUT2D eigenvalue weighted by molar-refractivity contribution is 9.10. The Kier molecular flexibility index (Phi) is 4.14. The van der Waals surface area contributed by atoms with Gasteiger partial charge < -0.3 is 9.26 Å². The van der Waals surface area contributed by atoms with E-state index in [0.29, 0.717) is 18.3 Å². The fourth-order valence-electron chi connectivity index (χ4n) is 2.34. The fourth-order valence-corrected chi connectivity index (χ4v) is 2.79. The van der Waals surface area contributed by atoms with Gasteiger partial charge in [-0.25, -0.2) is 0 Å². The zero-order valence-electron chi connectivity index (χ0n) is 11.3. The lowest BCUT2D eigenvalue weighted by Gasteiger charge is -2.31. The summed E-state index contributed by atoms with van der Waals surface area (Å²) in [5.74, 6) is 1.22. The van der Waals surface area contributed by atoms with Crippen molar-refractivity contribution >= 4 is 15.9 Å². The number of aromatic nitrogens is 2. The maximum absolute atomic E-state index is 5.73. The molecule has 2 aromatic rings. The number of nitrogens with zero attached hydrogens (tertiary/aromatic N) is 3. The molecule has 1 aliphatic rings. The molecule has 1 saturated heterocycles. The van der Waals surface area contributed by atoms with Crippen molar-refractivity contribution in [2.45, 2.75) is 19.6 Å². The molecule has 0 saturated carbocycles. The van der Waals surface area contributed by atoms with Crippen molar-refractivity contribution in [1.29, 1.82) is 0 Å². The first-order valence-corrected chi connectivity index (χ1v) is 7.38. The van der Waals surface area contributed by atoms with Crippen LogP contribution < -0.4 is 0 Å². The van der Waals surface area contributed by atoms with E-state index >= 15 is 0 Å². The van der Waals surface area contributed by atoms with Crippen molar-refractivity contribution in [2.75, 3.05) is 19.7 Å². The molecule has 0 radical (unpaired) electrons. The lowest BCUT2D eigenvalue weighted by molar-refractivity contribution is -0.0380. The van der Waals surface area contributed by atoms with Gasteiger partial charge in [-0.05, 0) is 17.7 Å². The van der Waals surface area contributed by atoms with E-state index in [9.17, 15) is 0 Å². The molecule has 1 atom stereocenters. The largest absolute Gasteiger partial charge is 0.367 e. The molecule has 1 aromatic heterocycles. The number of ether oxygens (including phenoxy) is 1. The molecule has 0 spiro atoms. The summed E-state index contributed by atoms with van der Waals surface area (Å²) >= 11 is 3.50. The van der Waals surface area contributed by atoms with Crippen molar-refractivity contribution in [3.63, 3.8) is 0 Å². The highest BCUT2D eigenvalue weighted by Gasteiger charge is 2.25. The van der Waals surface area contributed by atoms with E-state index in [-0.39, 0.29) is 6.10 Å². The van der Waals surface area contributed by atoms with E-state index in [0.717, 1.165) is 24.1 Å². The molecule has 106 valence electrons. The van der Waals surface area contributed by atoms with Crippen molar-refractivity contribution in [2.24, 2.45) is 0 Å². The molecule has 6 heteroatoms. The van der Waals surface area contributed by atoms with Gasteiger partial charge >= 0.3 is 0 Å². The molecule has 0 aliphatic carbocycles. The van der Waals surface area contributed by atoms with Crippen LogP contribution in [0.5, 0.6) is 0 Å². The number of benzene rings is 1. The fraction of sp³-hybridized carbons (Fsp3) is 0.429. The Morgan fingerprint density at radius 1 is 1.45 bits per heavy atom. The van der Waals surface area contributed by atoms with Crippen LogP contribution in [0, 0.1) is 6.92 Å². The number of rotatable bonds is 3. The van der Waals surface area contributed by atoms with Crippen LogP contribution >= 0.6 is 15.9 Å². The summed E-state index contributed by atoms with van der Waals surface area (Å²) in [7, 11) is 0. The smallest absolute Gasteiger partial charge is 0.223 e. The molecule has 3 rings (SSSR count). The van der Waals surface area contributed by atoms with Crippen LogP contribution in [0.4, 0.5) is 0 Å². The number of hydrogen-bond acceptors (Lipinski definition) is 5. The van der Waals surface area contributed by atoms with E-state index in [4.69, 9.17) is 9.26 Å². The van der Waals surface area contributed by atoms with Crippen molar-refractivity contribution in [3.05, 3.63) is 46.0 Å². The van der Waals surface area contributed by atoms with E-state index in [2.05, 4.69) is 49.2 Å². The highest BCUT2D eigenvalue weighted by Crippen LogP contribution is 2.21. The molecule has 0 amide bonds. The molecule has 1 aliphatic heterocycles. The second-order valence-corrected chi connectivity index (χ2v) is 5.81. The first-order valence-electron chi connectivity index (χ1n) is 6.59. The van der Waals surface area contributed by atoms with Crippen LogP contribution in [0.2, 0.25) is 0 Å². The van der Waals surface area contributed by atoms with Gasteiger partial charge in [-0.3, -0.25) is 4.90 Å². The lowest BCUT2D eigenvalue weighted by atomic mass is 10.2. The average molecular weight is 338 g/mol. The summed E-state index contributed by atoms with van der Waals surface area (Å²) < 4.78 is 11.9. The number of halogens is 1. The summed E-state index contributed by atoms with van der Waals surface area (Å²) in [6.07, 6.45) is -0.103. The van der Waals surface area contributed by atoms with E-state index < -0.39 is 0 Å². The Balaban J connectivity index is 1.66. The van der Waals surface area contributed by atoms with Crippen LogP contribution in [0.1, 0.15) is 23.4 Å². The zero-order valence-corrected chi connectivity index (χ0v) is 12.8. The Bertz CT molecular complexity index is 587. The highest BCUT2D eigenvalue weighted by atomic mass is 79.9. The summed E-state index contributed by atoms with van der Waals surface area (Å²) in [5.41, 5.74) is 1.28. The van der Waals surface area contributed by atoms with Crippen molar-refractivity contribution < 1.29 is 9.26 Å². The van der Waals surface area contributed by atoms with Gasteiger partial charge in [-0.2, -0.15) is 4.98 Å². The molecule has 5 nitrogen and oxygen atoms in total. The minimum atomic E-state index is -0.103. The maximum atomic E-state index is 5.73. The summed E-state index contributed by atoms with van der Waals surface area (Å²) in [5, 5.41) is 3.95. The monoisotopic (exact) mass is 337 g/mol. The SMILES string of the molecule is Cc1nc(C2CN(Cc3cccc(Br)c3)CCO2)no1. The van der Waals surface area contributed by atoms with Crippen LogP contribution in [0.15, 0.2) is 33.3 Å². The second kappa shape index (κ2) is 6.03. The number of aryl methyl sites for hydroxylation is 1. The molecule has 1 fully saturated rings. The van der Waals surface area contributed by atoms with Crippen LogP contribution in [-0.2, 0) is 11.3 Å². The number of morpholine rings is 1. The van der Waals surface area contributed by atoms with Gasteiger partial charge in [-0.1, -0.05) is 33.2 Å². The molecule has 20 heavy (non-hydrogen) atoms. The van der Waals surface area contributed by atoms with Gasteiger partial charge in [-0.15, -0.1) is 0 Å². The summed E-state index contributed by atoms with van der Waals surface area (Å²) in [6, 6.07) is 8.37. The Labute approximate surface area is 126 Å². The summed E-state index contributed by atoms with van der Waals surface area (Å²) in [6.45, 7) is 5.08. The maximum Gasteiger partial charge on any atom is 0.223 e. The summed E-state index contributed by atoms with van der Waals surface area (Å²) in [4.78, 5) is 6.60. The van der Waals surface area contributed by atoms with E-state index in [1.54, 1.807) is 6.92 Å². The molecule has 1 unspecified atom stereocenters. The third kappa shape index (κ3) is 3.26. The Morgan fingerprint density at radius 2 is 2.35 bits per heavy atom. The van der Waals surface area contributed by atoms with Crippen molar-refractivity contribution in [1.82, 2.24) is 15.0 Å². The Morgan fingerprint density at radius 3 is 3.10 bits per heavy atom. The third-order valence-electron chi connectivity index (χ3n) is 3.28. The molecular weight excluding hydrogens is 322 g/mol. The molecule has 0 bridgehead atoms. The van der Waals surface area contributed by atoms with Gasteiger partial charge in [0.15, 0.2) is 0 Å². The van der Waals surface area contributed by atoms with Gasteiger partial charge in [0, 0.05) is 31.0 Å². The lowest BCUT2D eigenvalue weighted by Crippen LogP contribution is -2.38. The molecular formula is C14H16BrN3O2. The quantitative estimate of drug-likeness (QED) is 0.861. The minimum absolute atomic E-state index is 0.103. The minimum Gasteiger partial charge on any atom is -0.367 e.